The Bertz CT molecular complexity index is 220. The minimum absolute atomic E-state index is 0.0884. The van der Waals surface area contributed by atoms with E-state index in [-0.39, 0.29) is 23.4 Å². The van der Waals surface area contributed by atoms with Crippen LogP contribution in [0.5, 0.6) is 0 Å². The molecule has 0 heterocycles. The molecule has 0 aliphatic rings. The minimum atomic E-state index is -0.136. The molecule has 1 amide bonds. The van der Waals surface area contributed by atoms with Crippen LogP contribution in [0.1, 0.15) is 54.9 Å². The van der Waals surface area contributed by atoms with Crippen LogP contribution in [-0.4, -0.2) is 24.0 Å². The Hall–Kier alpha value is -0.570. The van der Waals surface area contributed by atoms with E-state index < -0.39 is 0 Å². The topological polar surface area (TPSA) is 41.1 Å². The van der Waals surface area contributed by atoms with Crippen molar-refractivity contribution >= 4 is 5.91 Å². The van der Waals surface area contributed by atoms with Crippen LogP contribution in [0.2, 0.25) is 0 Å². The Morgan fingerprint density at radius 2 is 1.69 bits per heavy atom. The molecule has 3 heteroatoms. The van der Waals surface area contributed by atoms with E-state index in [4.69, 9.17) is 0 Å². The lowest BCUT2D eigenvalue weighted by molar-refractivity contribution is -0.123. The minimum Gasteiger partial charge on any atom is -0.352 e. The van der Waals surface area contributed by atoms with Gasteiger partial charge in [0.25, 0.3) is 0 Å². The lowest BCUT2D eigenvalue weighted by Crippen LogP contribution is -2.51. The second-order valence-electron chi connectivity index (χ2n) is 5.79. The van der Waals surface area contributed by atoms with E-state index in [0.717, 1.165) is 6.42 Å². The molecule has 2 N–H and O–H groups in total. The van der Waals surface area contributed by atoms with Crippen LogP contribution < -0.4 is 10.6 Å². The Morgan fingerprint density at radius 3 is 2.06 bits per heavy atom. The number of amides is 1. The predicted octanol–water partition coefficient (Wildman–Crippen LogP) is 2.31. The van der Waals surface area contributed by atoms with Crippen molar-refractivity contribution in [3.8, 4) is 0 Å². The first-order chi connectivity index (χ1) is 7.18. The van der Waals surface area contributed by atoms with E-state index in [9.17, 15) is 4.79 Å². The molecule has 0 spiro atoms. The van der Waals surface area contributed by atoms with E-state index >= 15 is 0 Å². The van der Waals surface area contributed by atoms with Crippen LogP contribution in [0.15, 0.2) is 0 Å². The smallest absolute Gasteiger partial charge is 0.237 e. The third-order valence-electron chi connectivity index (χ3n) is 3.19. The Kier molecular flexibility index (Phi) is 6.01. The highest BCUT2D eigenvalue weighted by molar-refractivity contribution is 5.81. The summed E-state index contributed by atoms with van der Waals surface area (Å²) in [5, 5.41) is 6.32. The molecular weight excluding hydrogens is 200 g/mol. The van der Waals surface area contributed by atoms with Gasteiger partial charge in [0.05, 0.1) is 6.04 Å². The number of carbonyl (C=O) groups is 1. The molecule has 3 atom stereocenters. The summed E-state index contributed by atoms with van der Waals surface area (Å²) in [6.45, 7) is 14.6. The predicted molar refractivity (Wildman–Crippen MR) is 69.4 cm³/mol. The highest BCUT2D eigenvalue weighted by Crippen LogP contribution is 2.18. The summed E-state index contributed by atoms with van der Waals surface area (Å²) in [7, 11) is 0. The van der Waals surface area contributed by atoms with Crippen molar-refractivity contribution < 1.29 is 4.79 Å². The molecule has 0 aliphatic carbocycles. The normalized spacial score (nSPS) is 17.7. The zero-order chi connectivity index (χ0) is 12.9. The molecule has 96 valence electrons. The Balaban J connectivity index is 4.15. The highest BCUT2D eigenvalue weighted by atomic mass is 16.2. The van der Waals surface area contributed by atoms with Crippen LogP contribution in [0, 0.1) is 5.41 Å². The number of carbonyl (C=O) groups excluding carboxylic acids is 1. The summed E-state index contributed by atoms with van der Waals surface area (Å²) < 4.78 is 0. The molecule has 0 aromatic rings. The van der Waals surface area contributed by atoms with Gasteiger partial charge in [0.15, 0.2) is 0 Å². The highest BCUT2D eigenvalue weighted by Gasteiger charge is 2.24. The molecule has 16 heavy (non-hydrogen) atoms. The van der Waals surface area contributed by atoms with Gasteiger partial charge in [-0.1, -0.05) is 27.7 Å². The van der Waals surface area contributed by atoms with Gasteiger partial charge < -0.3 is 10.6 Å². The first-order valence-electron chi connectivity index (χ1n) is 6.24. The summed E-state index contributed by atoms with van der Waals surface area (Å²) in [5.41, 5.74) is 0.172. The van der Waals surface area contributed by atoms with E-state index in [2.05, 4.69) is 45.3 Å². The second kappa shape index (κ2) is 6.24. The van der Waals surface area contributed by atoms with Crippen molar-refractivity contribution in [3.63, 3.8) is 0 Å². The van der Waals surface area contributed by atoms with Gasteiger partial charge in [-0.2, -0.15) is 0 Å². The van der Waals surface area contributed by atoms with Gasteiger partial charge in [-0.25, -0.2) is 0 Å². The van der Waals surface area contributed by atoms with Crippen molar-refractivity contribution in [1.29, 1.82) is 0 Å². The summed E-state index contributed by atoms with van der Waals surface area (Å²) >= 11 is 0. The van der Waals surface area contributed by atoms with Crippen molar-refractivity contribution in [2.75, 3.05) is 0 Å². The van der Waals surface area contributed by atoms with E-state index in [0.29, 0.717) is 6.04 Å². The molecule has 0 fully saturated rings. The van der Waals surface area contributed by atoms with Gasteiger partial charge in [-0.3, -0.25) is 4.79 Å². The van der Waals surface area contributed by atoms with E-state index in [1.54, 1.807) is 0 Å². The summed E-state index contributed by atoms with van der Waals surface area (Å²) in [6, 6.07) is 0.426. The van der Waals surface area contributed by atoms with Gasteiger partial charge in [-0.05, 0) is 32.6 Å². The van der Waals surface area contributed by atoms with E-state index in [1.165, 1.54) is 0 Å². The van der Waals surface area contributed by atoms with Crippen molar-refractivity contribution in [1.82, 2.24) is 10.6 Å². The molecule has 3 unspecified atom stereocenters. The van der Waals surface area contributed by atoms with Gasteiger partial charge in [0.1, 0.15) is 0 Å². The average molecular weight is 228 g/mol. The monoisotopic (exact) mass is 228 g/mol. The van der Waals surface area contributed by atoms with Crippen molar-refractivity contribution in [2.24, 2.45) is 5.41 Å². The average Bonchev–Trinajstić information content (AvgIpc) is 2.15. The van der Waals surface area contributed by atoms with Gasteiger partial charge in [-0.15, -0.1) is 0 Å². The lowest BCUT2D eigenvalue weighted by Gasteiger charge is -2.31. The Labute approximate surface area is 100 Å². The first kappa shape index (κ1) is 15.4. The first-order valence-corrected chi connectivity index (χ1v) is 6.24. The number of hydrogen-bond acceptors (Lipinski definition) is 2. The maximum absolute atomic E-state index is 11.8. The maximum atomic E-state index is 11.8. The van der Waals surface area contributed by atoms with E-state index in [1.807, 2.05) is 13.8 Å². The zero-order valence-electron chi connectivity index (χ0n) is 11.8. The summed E-state index contributed by atoms with van der Waals surface area (Å²) in [5.74, 6) is 0.0884. The van der Waals surface area contributed by atoms with Crippen LogP contribution in [0.3, 0.4) is 0 Å². The maximum Gasteiger partial charge on any atom is 0.237 e. The molecule has 3 nitrogen and oxygen atoms in total. The molecular formula is C13H28N2O. The van der Waals surface area contributed by atoms with Gasteiger partial charge >= 0.3 is 0 Å². The fourth-order valence-electron chi connectivity index (χ4n) is 1.17. The molecule has 0 rings (SSSR count). The molecule has 0 radical (unpaired) electrons. The zero-order valence-corrected chi connectivity index (χ0v) is 11.8. The lowest BCUT2D eigenvalue weighted by atomic mass is 9.87. The summed E-state index contributed by atoms with van der Waals surface area (Å²) in [6.07, 6.45) is 0.966. The number of hydrogen-bond donors (Lipinski definition) is 2. The molecule has 0 saturated heterocycles. The molecule has 0 aliphatic heterocycles. The van der Waals surface area contributed by atoms with Crippen LogP contribution in [0.4, 0.5) is 0 Å². The molecule has 0 aromatic carbocycles. The van der Waals surface area contributed by atoms with Crippen molar-refractivity contribution in [3.05, 3.63) is 0 Å². The molecule has 0 bridgehead atoms. The van der Waals surface area contributed by atoms with Gasteiger partial charge in [0.2, 0.25) is 5.91 Å². The SMILES string of the molecule is CCC(C)NC(=O)C(C)NC(C)C(C)(C)C. The standard InChI is InChI=1S/C13H28N2O/c1-8-9(2)14-12(16)10(3)15-11(4)13(5,6)7/h9-11,15H,8H2,1-7H3,(H,14,16). The largest absolute Gasteiger partial charge is 0.352 e. The third kappa shape index (κ3) is 5.50. The molecule has 0 aromatic heterocycles. The number of rotatable bonds is 5. The number of nitrogens with one attached hydrogen (secondary N) is 2. The fourth-order valence-corrected chi connectivity index (χ4v) is 1.17. The third-order valence-corrected chi connectivity index (χ3v) is 3.19. The summed E-state index contributed by atoms with van der Waals surface area (Å²) in [4.78, 5) is 11.8. The Morgan fingerprint density at radius 1 is 1.19 bits per heavy atom. The van der Waals surface area contributed by atoms with Crippen molar-refractivity contribution in [2.45, 2.75) is 73.0 Å². The fraction of sp³-hybridized carbons (Fsp3) is 0.923. The quantitative estimate of drug-likeness (QED) is 0.758. The molecule has 0 saturated carbocycles. The van der Waals surface area contributed by atoms with Gasteiger partial charge in [0, 0.05) is 12.1 Å². The van der Waals surface area contributed by atoms with Crippen LogP contribution in [0.25, 0.3) is 0 Å². The second-order valence-corrected chi connectivity index (χ2v) is 5.79. The van der Waals surface area contributed by atoms with Crippen LogP contribution in [-0.2, 0) is 4.79 Å². The van der Waals surface area contributed by atoms with Crippen LogP contribution >= 0.6 is 0 Å².